The summed E-state index contributed by atoms with van der Waals surface area (Å²) in [6.45, 7) is 1.47. The number of carboxylic acids is 1. The average Bonchev–Trinajstić information content (AvgIpc) is 2.37. The van der Waals surface area contributed by atoms with Crippen LogP contribution in [-0.2, 0) is 0 Å². The molecule has 23 heavy (non-hydrogen) atoms. The Hall–Kier alpha value is -0.0587. The molecule has 2 N–H and O–H groups in total. The molecular formula is C14H19BF3KN2O2. The van der Waals surface area contributed by atoms with E-state index in [-0.39, 0.29) is 68.1 Å². The number of benzene rings is 1. The van der Waals surface area contributed by atoms with E-state index in [9.17, 15) is 22.8 Å². The van der Waals surface area contributed by atoms with Gasteiger partial charge in [-0.05, 0) is 26.3 Å². The molecule has 1 aliphatic heterocycles. The van der Waals surface area contributed by atoms with E-state index in [0.29, 0.717) is 37.4 Å². The summed E-state index contributed by atoms with van der Waals surface area (Å²) in [4.78, 5) is 13.3. The van der Waals surface area contributed by atoms with Crippen molar-refractivity contribution in [1.29, 1.82) is 0 Å². The van der Waals surface area contributed by atoms with Gasteiger partial charge in [0.05, 0.1) is 5.56 Å². The summed E-state index contributed by atoms with van der Waals surface area (Å²) >= 11 is 0. The van der Waals surface area contributed by atoms with Crippen molar-refractivity contribution in [2.24, 2.45) is 0 Å². The molecule has 1 fully saturated rings. The van der Waals surface area contributed by atoms with Gasteiger partial charge in [0.25, 0.3) is 0 Å². The molecule has 0 spiro atoms. The number of piperazine rings is 1. The van der Waals surface area contributed by atoms with Gasteiger partial charge >= 0.3 is 64.3 Å². The summed E-state index contributed by atoms with van der Waals surface area (Å²) in [5, 5.41) is 12.5. The van der Waals surface area contributed by atoms with Crippen molar-refractivity contribution in [3.05, 3.63) is 22.3 Å². The molecule has 0 saturated carbocycles. The smallest absolute Gasteiger partial charge is 0.478 e. The monoisotopic (exact) mass is 354 g/mol. The number of carbonyl (C=O) groups is 1. The van der Waals surface area contributed by atoms with Gasteiger partial charge in [-0.3, -0.25) is 0 Å². The van der Waals surface area contributed by atoms with Gasteiger partial charge in [0.2, 0.25) is 0 Å². The number of halogens is 3. The van der Waals surface area contributed by atoms with Crippen molar-refractivity contribution >= 4 is 24.1 Å². The van der Waals surface area contributed by atoms with Crippen LogP contribution in [0, 0.1) is 20.8 Å². The van der Waals surface area contributed by atoms with E-state index in [2.05, 4.69) is 5.32 Å². The third-order valence-electron chi connectivity index (χ3n) is 4.24. The van der Waals surface area contributed by atoms with E-state index in [1.54, 1.807) is 6.92 Å². The van der Waals surface area contributed by atoms with Crippen LogP contribution in [0.15, 0.2) is 0 Å². The van der Waals surface area contributed by atoms with E-state index >= 15 is 0 Å². The molecule has 0 bridgehead atoms. The topological polar surface area (TPSA) is 52.6 Å². The zero-order valence-corrected chi connectivity index (χ0v) is 17.0. The Bertz CT molecular complexity index is 617. The quantitative estimate of drug-likeness (QED) is 0.669. The minimum atomic E-state index is -5.27. The summed E-state index contributed by atoms with van der Waals surface area (Å²) in [7, 11) is 0. The molecule has 0 unspecified atom stereocenters. The van der Waals surface area contributed by atoms with Crippen LogP contribution in [0.2, 0.25) is 0 Å². The number of anilines is 1. The van der Waals surface area contributed by atoms with E-state index in [0.717, 1.165) is 0 Å². The van der Waals surface area contributed by atoms with Gasteiger partial charge in [-0.15, -0.1) is 0 Å². The van der Waals surface area contributed by atoms with Crippen molar-refractivity contribution < 1.29 is 74.2 Å². The Labute approximate surface area is 176 Å². The molecule has 2 rings (SSSR count). The van der Waals surface area contributed by atoms with Crippen molar-refractivity contribution in [2.75, 3.05) is 31.1 Å². The van der Waals surface area contributed by atoms with E-state index in [4.69, 9.17) is 0 Å². The maximum Gasteiger partial charge on any atom is 1.00 e. The van der Waals surface area contributed by atoms with Gasteiger partial charge in [0.15, 0.2) is 0 Å². The Morgan fingerprint density at radius 3 is 2.04 bits per heavy atom. The summed E-state index contributed by atoms with van der Waals surface area (Å²) in [5.74, 6) is -1.31. The van der Waals surface area contributed by atoms with Crippen molar-refractivity contribution in [3.63, 3.8) is 0 Å². The van der Waals surface area contributed by atoms with E-state index < -0.39 is 18.4 Å². The van der Waals surface area contributed by atoms with Crippen LogP contribution < -0.4 is 67.1 Å². The third kappa shape index (κ3) is 4.13. The van der Waals surface area contributed by atoms with Gasteiger partial charge in [0, 0.05) is 31.9 Å². The largest absolute Gasteiger partial charge is 1.00 e. The fraction of sp³-hybridized carbons (Fsp3) is 0.500. The first kappa shape index (κ1) is 21.0. The molecule has 122 valence electrons. The van der Waals surface area contributed by atoms with Crippen LogP contribution in [0.3, 0.4) is 0 Å². The summed E-state index contributed by atoms with van der Waals surface area (Å²) in [5.41, 5.74) is -0.222. The van der Waals surface area contributed by atoms with E-state index in [1.165, 1.54) is 13.8 Å². The molecule has 0 radical (unpaired) electrons. The predicted octanol–water partition coefficient (Wildman–Crippen LogP) is -1.22. The second-order valence-corrected chi connectivity index (χ2v) is 5.63. The van der Waals surface area contributed by atoms with Gasteiger partial charge < -0.3 is 28.3 Å². The number of nitrogens with zero attached hydrogens (tertiary/aromatic N) is 1. The molecule has 1 heterocycles. The van der Waals surface area contributed by atoms with Crippen LogP contribution in [0.5, 0.6) is 0 Å². The van der Waals surface area contributed by atoms with Crippen LogP contribution in [0.1, 0.15) is 27.0 Å². The second kappa shape index (κ2) is 7.88. The average molecular weight is 354 g/mol. The standard InChI is InChI=1S/C14H19BF3N2O2.K/c1-8-11(14(21)22)9(2)13(20-6-4-19-5-7-20)10(3)12(8)15(16,17)18;/h19H,4-7H2,1-3H3,(H,21,22);/q-1;+1. The summed E-state index contributed by atoms with van der Waals surface area (Å²) in [6.07, 6.45) is 0. The number of hydrogen-bond acceptors (Lipinski definition) is 3. The van der Waals surface area contributed by atoms with Crippen molar-refractivity contribution in [3.8, 4) is 0 Å². The zero-order chi connectivity index (χ0) is 16.7. The summed E-state index contributed by atoms with van der Waals surface area (Å²) < 4.78 is 40.4. The van der Waals surface area contributed by atoms with Gasteiger partial charge in [-0.1, -0.05) is 16.6 Å². The predicted molar refractivity (Wildman–Crippen MR) is 81.4 cm³/mol. The number of rotatable bonds is 3. The number of carboxylic acid groups (broad SMARTS) is 1. The van der Waals surface area contributed by atoms with E-state index in [1.807, 2.05) is 4.90 Å². The van der Waals surface area contributed by atoms with Gasteiger partial charge in [0.1, 0.15) is 0 Å². The molecule has 9 heteroatoms. The molecule has 1 saturated heterocycles. The molecule has 4 nitrogen and oxygen atoms in total. The Kier molecular flexibility index (Phi) is 7.19. The SMILES string of the molecule is Cc1c(C(=O)O)c(C)c([B-](F)(F)F)c(C)c1N1CCNCC1.[K+]. The molecule has 1 aliphatic rings. The fourth-order valence-electron chi connectivity index (χ4n) is 3.40. The maximum absolute atomic E-state index is 13.5. The summed E-state index contributed by atoms with van der Waals surface area (Å²) in [6, 6.07) is 0. The Morgan fingerprint density at radius 1 is 1.09 bits per heavy atom. The van der Waals surface area contributed by atoms with Crippen LogP contribution in [-0.4, -0.2) is 44.2 Å². The Morgan fingerprint density at radius 2 is 1.61 bits per heavy atom. The first-order valence-electron chi connectivity index (χ1n) is 7.18. The molecule has 0 aliphatic carbocycles. The number of aromatic carboxylic acids is 1. The number of hydrogen-bond donors (Lipinski definition) is 2. The van der Waals surface area contributed by atoms with Crippen LogP contribution >= 0.6 is 0 Å². The third-order valence-corrected chi connectivity index (χ3v) is 4.24. The maximum atomic E-state index is 13.5. The molecule has 0 aromatic heterocycles. The number of nitrogens with one attached hydrogen (secondary N) is 1. The molecular weight excluding hydrogens is 335 g/mol. The first-order chi connectivity index (χ1) is 10.2. The van der Waals surface area contributed by atoms with Gasteiger partial charge in [-0.2, -0.15) is 0 Å². The van der Waals surface area contributed by atoms with Gasteiger partial charge in [-0.25, -0.2) is 4.79 Å². The fourth-order valence-corrected chi connectivity index (χ4v) is 3.40. The second-order valence-electron chi connectivity index (χ2n) is 5.63. The first-order valence-corrected chi connectivity index (χ1v) is 7.18. The van der Waals surface area contributed by atoms with Crippen LogP contribution in [0.4, 0.5) is 18.6 Å². The Balaban J connectivity index is 0.00000264. The molecule has 0 atom stereocenters. The minimum Gasteiger partial charge on any atom is -0.478 e. The minimum absolute atomic E-state index is 0. The zero-order valence-electron chi connectivity index (χ0n) is 13.8. The molecule has 1 aromatic rings. The normalized spacial score (nSPS) is 15.3. The van der Waals surface area contributed by atoms with Crippen molar-refractivity contribution in [1.82, 2.24) is 5.32 Å². The van der Waals surface area contributed by atoms with Crippen molar-refractivity contribution in [2.45, 2.75) is 20.8 Å². The molecule has 1 aromatic carbocycles. The molecule has 0 amide bonds. The van der Waals surface area contributed by atoms with Crippen LogP contribution in [0.25, 0.3) is 0 Å².